The number of hydrogen-bond acceptors (Lipinski definition) is 2. The number of nitrogens with zero attached hydrogens (tertiary/aromatic N) is 2. The highest BCUT2D eigenvalue weighted by Gasteiger charge is 2.21. The van der Waals surface area contributed by atoms with E-state index in [0.29, 0.717) is 5.92 Å². The highest BCUT2D eigenvalue weighted by molar-refractivity contribution is 5.74. The second-order valence-corrected chi connectivity index (χ2v) is 3.49. The van der Waals surface area contributed by atoms with Gasteiger partial charge < -0.3 is 5.73 Å². The number of aromatic nitrogens is 2. The van der Waals surface area contributed by atoms with Gasteiger partial charge in [0.25, 0.3) is 0 Å². The van der Waals surface area contributed by atoms with Gasteiger partial charge in [-0.2, -0.15) is 9.78 Å². The Morgan fingerprint density at radius 3 is 2.85 bits per heavy atom. The molecule has 0 radical (unpaired) electrons. The number of carbonyl (C=O) groups is 1. The predicted octanol–water partition coefficient (Wildman–Crippen LogP) is 1.47. The van der Waals surface area contributed by atoms with Crippen molar-refractivity contribution in [2.24, 2.45) is 5.73 Å². The minimum Gasteiger partial charge on any atom is -0.350 e. The second kappa shape index (κ2) is 3.20. The van der Waals surface area contributed by atoms with Crippen molar-refractivity contribution in [3.05, 3.63) is 18.0 Å². The molecule has 4 nitrogen and oxygen atoms in total. The zero-order valence-corrected chi connectivity index (χ0v) is 7.44. The fourth-order valence-electron chi connectivity index (χ4n) is 2.03. The van der Waals surface area contributed by atoms with Gasteiger partial charge in [0, 0.05) is 12.1 Å². The van der Waals surface area contributed by atoms with E-state index in [-0.39, 0.29) is 0 Å². The van der Waals surface area contributed by atoms with Crippen LogP contribution in [0, 0.1) is 0 Å². The molecular weight excluding hydrogens is 166 g/mol. The molecular formula is C9H13N3O. The maximum atomic E-state index is 11.0. The summed E-state index contributed by atoms with van der Waals surface area (Å²) in [7, 11) is 0. The van der Waals surface area contributed by atoms with Crippen molar-refractivity contribution >= 4 is 6.03 Å². The molecule has 1 aromatic rings. The topological polar surface area (TPSA) is 60.9 Å². The zero-order chi connectivity index (χ0) is 9.26. The molecule has 1 aliphatic carbocycles. The minimum absolute atomic E-state index is 0.480. The molecule has 0 spiro atoms. The summed E-state index contributed by atoms with van der Waals surface area (Å²) in [4.78, 5) is 11.0. The Bertz CT molecular complexity index is 312. The molecule has 0 aromatic carbocycles. The standard InChI is InChI=1S/C9H13N3O/c10-9(13)12-8(5-6-11-12)7-3-1-2-4-7/h5-7H,1-4H2,(H2,10,13). The lowest BCUT2D eigenvalue weighted by molar-refractivity contribution is 0.246. The molecule has 1 amide bonds. The third-order valence-electron chi connectivity index (χ3n) is 2.65. The third kappa shape index (κ3) is 1.43. The van der Waals surface area contributed by atoms with Gasteiger partial charge in [-0.3, -0.25) is 0 Å². The predicted molar refractivity (Wildman–Crippen MR) is 48.4 cm³/mol. The minimum atomic E-state index is -0.480. The normalized spacial score (nSPS) is 17.8. The third-order valence-corrected chi connectivity index (χ3v) is 2.65. The molecule has 0 aliphatic heterocycles. The van der Waals surface area contributed by atoms with Crippen molar-refractivity contribution in [3.8, 4) is 0 Å². The summed E-state index contributed by atoms with van der Waals surface area (Å²) in [6.07, 6.45) is 6.43. The Kier molecular flexibility index (Phi) is 2.04. The molecule has 0 bridgehead atoms. The maximum Gasteiger partial charge on any atom is 0.339 e. The van der Waals surface area contributed by atoms with Crippen LogP contribution in [-0.2, 0) is 0 Å². The summed E-state index contributed by atoms with van der Waals surface area (Å²) in [5, 5.41) is 3.90. The largest absolute Gasteiger partial charge is 0.350 e. The molecule has 0 unspecified atom stereocenters. The van der Waals surface area contributed by atoms with Gasteiger partial charge in [-0.25, -0.2) is 4.79 Å². The van der Waals surface area contributed by atoms with Crippen LogP contribution in [0.1, 0.15) is 37.3 Å². The van der Waals surface area contributed by atoms with Crippen LogP contribution >= 0.6 is 0 Å². The summed E-state index contributed by atoms with van der Waals surface area (Å²) in [6, 6.07) is 1.41. The monoisotopic (exact) mass is 179 g/mol. The first kappa shape index (κ1) is 8.29. The molecule has 2 rings (SSSR count). The molecule has 1 saturated carbocycles. The van der Waals surface area contributed by atoms with Gasteiger partial charge in [-0.1, -0.05) is 12.8 Å². The van der Waals surface area contributed by atoms with Crippen molar-refractivity contribution in [3.63, 3.8) is 0 Å². The number of nitrogens with two attached hydrogens (primary N) is 1. The molecule has 1 fully saturated rings. The van der Waals surface area contributed by atoms with Crippen LogP contribution in [-0.4, -0.2) is 15.8 Å². The van der Waals surface area contributed by atoms with E-state index in [1.165, 1.54) is 17.5 Å². The van der Waals surface area contributed by atoms with Crippen LogP contribution in [0.4, 0.5) is 4.79 Å². The fraction of sp³-hybridized carbons (Fsp3) is 0.556. The number of primary amides is 1. The van der Waals surface area contributed by atoms with E-state index in [1.807, 2.05) is 6.07 Å². The van der Waals surface area contributed by atoms with Gasteiger partial charge in [0.05, 0.1) is 5.69 Å². The summed E-state index contributed by atoms with van der Waals surface area (Å²) < 4.78 is 1.32. The van der Waals surface area contributed by atoms with Crippen LogP contribution in [0.5, 0.6) is 0 Å². The lowest BCUT2D eigenvalue weighted by Gasteiger charge is -2.08. The van der Waals surface area contributed by atoms with E-state index in [4.69, 9.17) is 5.73 Å². The molecule has 1 aliphatic rings. The van der Waals surface area contributed by atoms with Crippen molar-refractivity contribution < 1.29 is 4.79 Å². The lowest BCUT2D eigenvalue weighted by atomic mass is 10.0. The first-order valence-corrected chi connectivity index (χ1v) is 4.63. The Morgan fingerprint density at radius 1 is 1.54 bits per heavy atom. The van der Waals surface area contributed by atoms with Crippen molar-refractivity contribution in [2.75, 3.05) is 0 Å². The van der Waals surface area contributed by atoms with E-state index in [0.717, 1.165) is 18.5 Å². The molecule has 1 heterocycles. The number of rotatable bonds is 1. The van der Waals surface area contributed by atoms with Gasteiger partial charge >= 0.3 is 6.03 Å². The second-order valence-electron chi connectivity index (χ2n) is 3.49. The van der Waals surface area contributed by atoms with Gasteiger partial charge in [0.2, 0.25) is 0 Å². The Labute approximate surface area is 76.7 Å². The first-order valence-electron chi connectivity index (χ1n) is 4.63. The van der Waals surface area contributed by atoms with Crippen molar-refractivity contribution in [1.82, 2.24) is 9.78 Å². The average Bonchev–Trinajstić information content (AvgIpc) is 2.74. The first-order chi connectivity index (χ1) is 6.29. The maximum absolute atomic E-state index is 11.0. The van der Waals surface area contributed by atoms with E-state index >= 15 is 0 Å². The summed E-state index contributed by atoms with van der Waals surface area (Å²) in [5.41, 5.74) is 6.17. The van der Waals surface area contributed by atoms with Crippen LogP contribution in [0.3, 0.4) is 0 Å². The smallest absolute Gasteiger partial charge is 0.339 e. The average molecular weight is 179 g/mol. The molecule has 2 N–H and O–H groups in total. The van der Waals surface area contributed by atoms with Crippen molar-refractivity contribution in [2.45, 2.75) is 31.6 Å². The van der Waals surface area contributed by atoms with E-state index in [9.17, 15) is 4.79 Å². The lowest BCUT2D eigenvalue weighted by Crippen LogP contribution is -2.23. The van der Waals surface area contributed by atoms with Crippen LogP contribution in [0.25, 0.3) is 0 Å². The van der Waals surface area contributed by atoms with Gasteiger partial charge in [-0.15, -0.1) is 0 Å². The quantitative estimate of drug-likeness (QED) is 0.709. The molecule has 0 saturated heterocycles. The number of amides is 1. The summed E-state index contributed by atoms with van der Waals surface area (Å²) >= 11 is 0. The Balaban J connectivity index is 2.28. The Hall–Kier alpha value is -1.32. The number of carbonyl (C=O) groups excluding carboxylic acids is 1. The highest BCUT2D eigenvalue weighted by Crippen LogP contribution is 2.33. The highest BCUT2D eigenvalue weighted by atomic mass is 16.2. The molecule has 0 atom stereocenters. The summed E-state index contributed by atoms with van der Waals surface area (Å²) in [6.45, 7) is 0. The molecule has 70 valence electrons. The fourth-order valence-corrected chi connectivity index (χ4v) is 2.03. The van der Waals surface area contributed by atoms with Gasteiger partial charge in [0.1, 0.15) is 0 Å². The molecule has 13 heavy (non-hydrogen) atoms. The number of hydrogen-bond donors (Lipinski definition) is 1. The SMILES string of the molecule is NC(=O)n1nccc1C1CCCC1. The van der Waals surface area contributed by atoms with E-state index in [2.05, 4.69) is 5.10 Å². The van der Waals surface area contributed by atoms with E-state index < -0.39 is 6.03 Å². The van der Waals surface area contributed by atoms with Crippen LogP contribution in [0.2, 0.25) is 0 Å². The van der Waals surface area contributed by atoms with Crippen LogP contribution < -0.4 is 5.73 Å². The zero-order valence-electron chi connectivity index (χ0n) is 7.44. The van der Waals surface area contributed by atoms with Crippen LogP contribution in [0.15, 0.2) is 12.3 Å². The van der Waals surface area contributed by atoms with Gasteiger partial charge in [-0.05, 0) is 18.9 Å². The molecule has 4 heteroatoms. The van der Waals surface area contributed by atoms with Crippen molar-refractivity contribution in [1.29, 1.82) is 0 Å². The Morgan fingerprint density at radius 2 is 2.23 bits per heavy atom. The van der Waals surface area contributed by atoms with Gasteiger partial charge in [0.15, 0.2) is 0 Å². The van der Waals surface area contributed by atoms with E-state index in [1.54, 1.807) is 6.20 Å². The molecule has 1 aromatic heterocycles. The summed E-state index contributed by atoms with van der Waals surface area (Å²) in [5.74, 6) is 0.481.